The molecule has 1 atom stereocenters. The monoisotopic (exact) mass is 488 g/mol. The molecular weight excluding hydrogens is 473 g/mol. The summed E-state index contributed by atoms with van der Waals surface area (Å²) in [5.41, 5.74) is -6.14. The summed E-state index contributed by atoms with van der Waals surface area (Å²) in [5.74, 6) is -1.18. The lowest BCUT2D eigenvalue weighted by atomic mass is 10.0. The number of anilines is 1. The van der Waals surface area contributed by atoms with E-state index in [1.807, 2.05) is 0 Å². The smallest absolute Gasteiger partial charge is 0.304 e. The van der Waals surface area contributed by atoms with Crippen molar-refractivity contribution < 1.29 is 39.7 Å². The first-order valence-electron chi connectivity index (χ1n) is 8.94. The molecule has 2 aromatic rings. The maximum Gasteiger partial charge on any atom is 0.434 e. The first-order valence-corrected chi connectivity index (χ1v) is 10.5. The van der Waals surface area contributed by atoms with Gasteiger partial charge in [0.2, 0.25) is 5.03 Å². The molecule has 2 heterocycles. The molecule has 0 fully saturated rings. The number of aryl methyl sites for hydroxylation is 2. The molecule has 0 radical (unpaired) electrons. The van der Waals surface area contributed by atoms with Crippen molar-refractivity contribution in [2.24, 2.45) is 9.50 Å². The number of pyridine rings is 1. The van der Waals surface area contributed by atoms with E-state index in [1.165, 1.54) is 0 Å². The van der Waals surface area contributed by atoms with Crippen molar-refractivity contribution in [2.45, 2.75) is 50.1 Å². The molecular formula is C16H15F7N6O2S. The van der Waals surface area contributed by atoms with Crippen molar-refractivity contribution in [3.05, 3.63) is 34.5 Å². The normalized spacial score (nSPS) is 15.9. The van der Waals surface area contributed by atoms with E-state index in [-0.39, 0.29) is 37.1 Å². The standard InChI is InChI=1S/C16H15F7N6O2S/c1-2-29-6-8(17)13(27-29)32(24,31)28-14(30)26-11-7-4-3-5-9(7)25-12(16(21,22)23)10(11)15(18,19)20/h6H,2-5H2,1H3,(H3,24,25,26,28,30,31)/t32-/m0/s1. The van der Waals surface area contributed by atoms with Gasteiger partial charge < -0.3 is 5.32 Å². The fraction of sp³-hybridized carbons (Fsp3) is 0.438. The number of urea groups is 1. The maximum atomic E-state index is 13.9. The Morgan fingerprint density at radius 2 is 1.91 bits per heavy atom. The molecule has 0 saturated heterocycles. The minimum absolute atomic E-state index is 0.0378. The van der Waals surface area contributed by atoms with Crippen LogP contribution in [0.3, 0.4) is 0 Å². The summed E-state index contributed by atoms with van der Waals surface area (Å²) in [4.78, 5) is 15.4. The van der Waals surface area contributed by atoms with Crippen LogP contribution in [0.5, 0.6) is 0 Å². The molecule has 0 saturated carbocycles. The Kier molecular flexibility index (Phi) is 5.97. The van der Waals surface area contributed by atoms with Gasteiger partial charge in [0.15, 0.2) is 21.4 Å². The summed E-state index contributed by atoms with van der Waals surface area (Å²) < 4.78 is 111. The van der Waals surface area contributed by atoms with E-state index in [2.05, 4.69) is 14.4 Å². The summed E-state index contributed by atoms with van der Waals surface area (Å²) in [6.07, 6.45) is -10.1. The molecule has 0 aliphatic heterocycles. The zero-order chi connectivity index (χ0) is 24.1. The minimum atomic E-state index is -5.55. The van der Waals surface area contributed by atoms with Crippen LogP contribution in [0, 0.1) is 5.82 Å². The predicted molar refractivity (Wildman–Crippen MR) is 96.2 cm³/mol. The fourth-order valence-corrected chi connectivity index (χ4v) is 4.17. The number of nitrogens with zero attached hydrogens (tertiary/aromatic N) is 4. The number of rotatable bonds is 3. The number of hydrogen-bond donors (Lipinski definition) is 2. The molecule has 16 heteroatoms. The van der Waals surface area contributed by atoms with Crippen LogP contribution in [-0.4, -0.2) is 25.0 Å². The highest BCUT2D eigenvalue weighted by molar-refractivity contribution is 7.91. The highest BCUT2D eigenvalue weighted by Crippen LogP contribution is 2.46. The van der Waals surface area contributed by atoms with Gasteiger partial charge in [-0.3, -0.25) is 4.68 Å². The Labute approximate surface area is 176 Å². The highest BCUT2D eigenvalue weighted by atomic mass is 32.2. The van der Waals surface area contributed by atoms with Crippen molar-refractivity contribution >= 4 is 21.6 Å². The van der Waals surface area contributed by atoms with E-state index in [1.54, 1.807) is 12.2 Å². The van der Waals surface area contributed by atoms with E-state index >= 15 is 0 Å². The van der Waals surface area contributed by atoms with Gasteiger partial charge in [-0.2, -0.15) is 31.4 Å². The van der Waals surface area contributed by atoms with Crippen LogP contribution in [0.1, 0.15) is 35.9 Å². The molecule has 2 amide bonds. The summed E-state index contributed by atoms with van der Waals surface area (Å²) in [5, 5.41) is 9.60. The summed E-state index contributed by atoms with van der Waals surface area (Å²) in [6, 6.07) is -1.76. The number of carbonyl (C=O) groups is 1. The van der Waals surface area contributed by atoms with Gasteiger partial charge in [-0.1, -0.05) is 0 Å². The molecule has 1 aliphatic rings. The van der Waals surface area contributed by atoms with Crippen LogP contribution in [-0.2, 0) is 41.7 Å². The first-order chi connectivity index (χ1) is 14.6. The van der Waals surface area contributed by atoms with Gasteiger partial charge in [0.1, 0.15) is 5.56 Å². The second-order valence-corrected chi connectivity index (χ2v) is 8.42. The Hall–Kier alpha value is -2.75. The quantitative estimate of drug-likeness (QED) is 0.638. The number of carbonyl (C=O) groups excluding carboxylic acids is 1. The van der Waals surface area contributed by atoms with Crippen molar-refractivity contribution in [1.29, 1.82) is 0 Å². The largest absolute Gasteiger partial charge is 0.434 e. The lowest BCUT2D eigenvalue weighted by Crippen LogP contribution is -2.25. The lowest BCUT2D eigenvalue weighted by molar-refractivity contribution is -0.164. The summed E-state index contributed by atoms with van der Waals surface area (Å²) in [6.45, 7) is 1.69. The summed E-state index contributed by atoms with van der Waals surface area (Å²) in [7, 11) is -4.36. The zero-order valence-corrected chi connectivity index (χ0v) is 17.0. The second-order valence-electron chi connectivity index (χ2n) is 6.71. The third-order valence-electron chi connectivity index (χ3n) is 4.51. The molecule has 176 valence electrons. The van der Waals surface area contributed by atoms with E-state index < -0.39 is 56.1 Å². The van der Waals surface area contributed by atoms with Crippen LogP contribution < -0.4 is 10.5 Å². The molecule has 0 aromatic carbocycles. The van der Waals surface area contributed by atoms with Gasteiger partial charge in [-0.25, -0.2) is 23.5 Å². The predicted octanol–water partition coefficient (Wildman–Crippen LogP) is 3.90. The second kappa shape index (κ2) is 7.99. The Bertz CT molecular complexity index is 1190. The first kappa shape index (κ1) is 23.9. The number of nitrogens with two attached hydrogens (primary N) is 1. The van der Waals surface area contributed by atoms with Crippen molar-refractivity contribution in [3.63, 3.8) is 0 Å². The van der Waals surface area contributed by atoms with E-state index in [0.717, 1.165) is 10.9 Å². The topological polar surface area (TPSA) is 115 Å². The van der Waals surface area contributed by atoms with Crippen molar-refractivity contribution in [2.75, 3.05) is 5.32 Å². The van der Waals surface area contributed by atoms with Gasteiger partial charge in [-0.05, 0) is 31.7 Å². The number of hydrogen-bond acceptors (Lipinski definition) is 4. The van der Waals surface area contributed by atoms with Gasteiger partial charge >= 0.3 is 18.4 Å². The van der Waals surface area contributed by atoms with Crippen molar-refractivity contribution in [3.8, 4) is 0 Å². The van der Waals surface area contributed by atoms with Gasteiger partial charge in [0.05, 0.1) is 11.9 Å². The Morgan fingerprint density at radius 3 is 2.44 bits per heavy atom. The summed E-state index contributed by atoms with van der Waals surface area (Å²) >= 11 is 0. The minimum Gasteiger partial charge on any atom is -0.304 e. The van der Waals surface area contributed by atoms with Crippen molar-refractivity contribution in [1.82, 2.24) is 14.8 Å². The van der Waals surface area contributed by atoms with Crippen LogP contribution in [0.25, 0.3) is 0 Å². The average Bonchev–Trinajstić information content (AvgIpc) is 3.25. The average molecular weight is 488 g/mol. The molecule has 0 unspecified atom stereocenters. The molecule has 8 nitrogen and oxygen atoms in total. The van der Waals surface area contributed by atoms with Gasteiger partial charge in [-0.15, -0.1) is 4.36 Å². The molecule has 3 rings (SSSR count). The SMILES string of the molecule is CCn1cc(F)c([S@@](N)(=O)=NC(=O)Nc2c3c(nc(C(F)(F)F)c2C(F)(F)F)CCC3)n1. The molecule has 0 bridgehead atoms. The highest BCUT2D eigenvalue weighted by Gasteiger charge is 2.48. The number of amides is 2. The number of aromatic nitrogens is 3. The van der Waals surface area contributed by atoms with Crippen LogP contribution >= 0.6 is 0 Å². The lowest BCUT2D eigenvalue weighted by Gasteiger charge is -2.21. The number of halogens is 7. The Morgan fingerprint density at radius 1 is 1.25 bits per heavy atom. The van der Waals surface area contributed by atoms with E-state index in [9.17, 15) is 39.7 Å². The van der Waals surface area contributed by atoms with Crippen LogP contribution in [0.2, 0.25) is 0 Å². The molecule has 2 aromatic heterocycles. The van der Waals surface area contributed by atoms with E-state index in [4.69, 9.17) is 5.14 Å². The molecule has 1 aliphatic carbocycles. The zero-order valence-electron chi connectivity index (χ0n) is 16.1. The van der Waals surface area contributed by atoms with Gasteiger partial charge in [0, 0.05) is 12.2 Å². The van der Waals surface area contributed by atoms with Gasteiger partial charge in [0.25, 0.3) is 0 Å². The molecule has 32 heavy (non-hydrogen) atoms. The van der Waals surface area contributed by atoms with Crippen LogP contribution in [0.15, 0.2) is 15.6 Å². The fourth-order valence-electron chi connectivity index (χ4n) is 3.24. The Balaban J connectivity index is 2.13. The number of nitrogens with one attached hydrogen (secondary N) is 1. The molecule has 0 spiro atoms. The van der Waals surface area contributed by atoms with Crippen LogP contribution in [0.4, 0.5) is 41.2 Å². The number of alkyl halides is 6. The van der Waals surface area contributed by atoms with E-state index in [0.29, 0.717) is 0 Å². The molecule has 3 N–H and O–H groups in total. The maximum absolute atomic E-state index is 13.9. The third-order valence-corrected chi connectivity index (χ3v) is 5.78. The third kappa shape index (κ3) is 4.55. The number of fused-ring (bicyclic) bond motifs is 1.